The zero-order valence-electron chi connectivity index (χ0n) is 13.6. The SMILES string of the molecule is CNC(=O)c1cc(S(=O)(=O)N(C)CC(C)(C)CN)cn1C.Cl. The number of halogens is 1. The number of aryl methyl sites for hydroxylation is 1. The van der Waals surface area contributed by atoms with E-state index in [1.165, 1.54) is 35.2 Å². The second kappa shape index (κ2) is 7.45. The number of amides is 1. The van der Waals surface area contributed by atoms with Crippen molar-refractivity contribution in [3.05, 3.63) is 18.0 Å². The van der Waals surface area contributed by atoms with Crippen molar-refractivity contribution < 1.29 is 13.2 Å². The molecule has 0 unspecified atom stereocenters. The summed E-state index contributed by atoms with van der Waals surface area (Å²) in [5, 5.41) is 2.48. The molecule has 0 saturated carbocycles. The van der Waals surface area contributed by atoms with Crippen LogP contribution in [0.3, 0.4) is 0 Å². The predicted octanol–water partition coefficient (Wildman–Crippen LogP) is 0.412. The highest BCUT2D eigenvalue weighted by molar-refractivity contribution is 7.89. The van der Waals surface area contributed by atoms with Crippen molar-refractivity contribution in [2.75, 3.05) is 27.2 Å². The van der Waals surface area contributed by atoms with E-state index in [9.17, 15) is 13.2 Å². The maximum atomic E-state index is 12.5. The number of carbonyl (C=O) groups excluding carboxylic acids is 1. The Labute approximate surface area is 138 Å². The lowest BCUT2D eigenvalue weighted by molar-refractivity contribution is 0.0955. The van der Waals surface area contributed by atoms with Crippen LogP contribution >= 0.6 is 12.4 Å². The van der Waals surface area contributed by atoms with Gasteiger partial charge in [-0.05, 0) is 18.0 Å². The summed E-state index contributed by atoms with van der Waals surface area (Å²) in [6.45, 7) is 4.49. The Kier molecular flexibility index (Phi) is 7.08. The molecular weight excluding hydrogens is 328 g/mol. The molecule has 7 nitrogen and oxygen atoms in total. The van der Waals surface area contributed by atoms with Gasteiger partial charge in [0.25, 0.3) is 5.91 Å². The van der Waals surface area contributed by atoms with Crippen molar-refractivity contribution in [1.82, 2.24) is 14.2 Å². The zero-order valence-corrected chi connectivity index (χ0v) is 15.2. The normalized spacial score (nSPS) is 12.1. The molecule has 0 aliphatic carbocycles. The number of carbonyl (C=O) groups is 1. The number of rotatable bonds is 6. The van der Waals surface area contributed by atoms with Crippen LogP contribution in [-0.2, 0) is 17.1 Å². The summed E-state index contributed by atoms with van der Waals surface area (Å²) < 4.78 is 27.8. The van der Waals surface area contributed by atoms with Gasteiger partial charge in [-0.25, -0.2) is 12.7 Å². The van der Waals surface area contributed by atoms with Crippen molar-refractivity contribution in [1.29, 1.82) is 0 Å². The summed E-state index contributed by atoms with van der Waals surface area (Å²) in [6.07, 6.45) is 1.44. The van der Waals surface area contributed by atoms with Gasteiger partial charge in [0.15, 0.2) is 0 Å². The summed E-state index contributed by atoms with van der Waals surface area (Å²) in [5.74, 6) is -0.330. The average Bonchev–Trinajstić information content (AvgIpc) is 2.80. The van der Waals surface area contributed by atoms with Gasteiger partial charge in [0, 0.05) is 33.9 Å². The van der Waals surface area contributed by atoms with Crippen LogP contribution in [0.5, 0.6) is 0 Å². The predicted molar refractivity (Wildman–Crippen MR) is 88.7 cm³/mol. The second-order valence-corrected chi connectivity index (χ2v) is 7.93. The lowest BCUT2D eigenvalue weighted by Gasteiger charge is -2.28. The van der Waals surface area contributed by atoms with Crippen molar-refractivity contribution >= 4 is 28.3 Å². The highest BCUT2D eigenvalue weighted by Crippen LogP contribution is 2.22. The van der Waals surface area contributed by atoms with Crippen LogP contribution in [0, 0.1) is 5.41 Å². The van der Waals surface area contributed by atoms with Gasteiger partial charge in [0.2, 0.25) is 10.0 Å². The largest absolute Gasteiger partial charge is 0.354 e. The Hall–Kier alpha value is -1.09. The van der Waals surface area contributed by atoms with Crippen molar-refractivity contribution in [3.63, 3.8) is 0 Å². The molecule has 0 bridgehead atoms. The molecule has 1 rings (SSSR count). The Morgan fingerprint density at radius 1 is 1.45 bits per heavy atom. The van der Waals surface area contributed by atoms with Crippen LogP contribution in [-0.4, -0.2) is 50.4 Å². The van der Waals surface area contributed by atoms with Crippen molar-refractivity contribution in [3.8, 4) is 0 Å². The molecule has 0 saturated heterocycles. The first-order valence-corrected chi connectivity index (χ1v) is 8.04. The van der Waals surface area contributed by atoms with Crippen LogP contribution in [0.15, 0.2) is 17.2 Å². The van der Waals surface area contributed by atoms with Gasteiger partial charge in [0.05, 0.1) is 0 Å². The Morgan fingerprint density at radius 2 is 2.00 bits per heavy atom. The molecule has 0 radical (unpaired) electrons. The summed E-state index contributed by atoms with van der Waals surface area (Å²) in [6, 6.07) is 1.38. The monoisotopic (exact) mass is 352 g/mol. The van der Waals surface area contributed by atoms with E-state index in [0.717, 1.165) is 0 Å². The fourth-order valence-corrected chi connectivity index (χ4v) is 3.39. The minimum absolute atomic E-state index is 0. The van der Waals surface area contributed by atoms with Crippen LogP contribution in [0.25, 0.3) is 0 Å². The number of nitrogens with two attached hydrogens (primary N) is 1. The van der Waals surface area contributed by atoms with Gasteiger partial charge in [0.1, 0.15) is 10.6 Å². The number of aromatic nitrogens is 1. The Morgan fingerprint density at radius 3 is 2.45 bits per heavy atom. The lowest BCUT2D eigenvalue weighted by atomic mass is 9.94. The lowest BCUT2D eigenvalue weighted by Crippen LogP contribution is -2.39. The molecule has 1 aromatic rings. The molecule has 9 heteroatoms. The molecule has 0 aromatic carbocycles. The average molecular weight is 353 g/mol. The van der Waals surface area contributed by atoms with Crippen LogP contribution in [0.4, 0.5) is 0 Å². The number of hydrogen-bond donors (Lipinski definition) is 2. The molecule has 0 aliphatic heterocycles. The molecule has 1 aromatic heterocycles. The smallest absolute Gasteiger partial charge is 0.267 e. The van der Waals surface area contributed by atoms with Gasteiger partial charge in [-0.2, -0.15) is 0 Å². The molecule has 0 fully saturated rings. The van der Waals surface area contributed by atoms with Gasteiger partial charge in [-0.1, -0.05) is 13.8 Å². The van der Waals surface area contributed by atoms with Crippen LogP contribution in [0.2, 0.25) is 0 Å². The highest BCUT2D eigenvalue weighted by Gasteiger charge is 2.29. The summed E-state index contributed by atoms with van der Waals surface area (Å²) in [7, 11) is 0.996. The number of nitrogens with zero attached hydrogens (tertiary/aromatic N) is 2. The third-order valence-corrected chi connectivity index (χ3v) is 5.12. The minimum atomic E-state index is -3.65. The van der Waals surface area contributed by atoms with E-state index in [1.54, 1.807) is 7.05 Å². The van der Waals surface area contributed by atoms with E-state index in [-0.39, 0.29) is 28.6 Å². The summed E-state index contributed by atoms with van der Waals surface area (Å²) in [4.78, 5) is 11.8. The standard InChI is InChI=1S/C13H24N4O3S.ClH/c1-13(2,8-14)9-17(5)21(19,20)10-6-11(12(18)15-3)16(4)7-10;/h6-7H,8-9,14H2,1-5H3,(H,15,18);1H. The van der Waals surface area contributed by atoms with Gasteiger partial charge in [-0.15, -0.1) is 12.4 Å². The zero-order chi connectivity index (χ0) is 16.4. The highest BCUT2D eigenvalue weighted by atomic mass is 35.5. The topological polar surface area (TPSA) is 97.4 Å². The van der Waals surface area contributed by atoms with E-state index in [4.69, 9.17) is 5.73 Å². The molecule has 1 heterocycles. The molecule has 0 atom stereocenters. The Bertz CT molecular complexity index is 625. The van der Waals surface area contributed by atoms with E-state index in [1.807, 2.05) is 13.8 Å². The number of sulfonamides is 1. The Balaban J connectivity index is 0.00000441. The van der Waals surface area contributed by atoms with E-state index >= 15 is 0 Å². The van der Waals surface area contributed by atoms with Gasteiger partial charge < -0.3 is 15.6 Å². The van der Waals surface area contributed by atoms with Gasteiger partial charge in [-0.3, -0.25) is 4.79 Å². The second-order valence-electron chi connectivity index (χ2n) is 5.88. The van der Waals surface area contributed by atoms with Gasteiger partial charge >= 0.3 is 0 Å². The number of hydrogen-bond acceptors (Lipinski definition) is 4. The fraction of sp³-hybridized carbons (Fsp3) is 0.615. The number of nitrogens with one attached hydrogen (secondary N) is 1. The van der Waals surface area contributed by atoms with E-state index in [0.29, 0.717) is 18.8 Å². The minimum Gasteiger partial charge on any atom is -0.354 e. The first kappa shape index (κ1) is 20.9. The molecule has 3 N–H and O–H groups in total. The summed E-state index contributed by atoms with van der Waals surface area (Å²) >= 11 is 0. The van der Waals surface area contributed by atoms with Crippen LogP contribution < -0.4 is 11.1 Å². The van der Waals surface area contributed by atoms with E-state index in [2.05, 4.69) is 5.32 Å². The van der Waals surface area contributed by atoms with E-state index < -0.39 is 10.0 Å². The molecule has 0 aliphatic rings. The first-order chi connectivity index (χ1) is 9.55. The fourth-order valence-electron chi connectivity index (χ4n) is 1.96. The molecular formula is C13H25ClN4O3S. The molecule has 0 spiro atoms. The molecule has 128 valence electrons. The first-order valence-electron chi connectivity index (χ1n) is 6.60. The van der Waals surface area contributed by atoms with Crippen molar-refractivity contribution in [2.24, 2.45) is 18.2 Å². The molecule has 22 heavy (non-hydrogen) atoms. The quantitative estimate of drug-likeness (QED) is 0.774. The van der Waals surface area contributed by atoms with Crippen molar-refractivity contribution in [2.45, 2.75) is 18.7 Å². The van der Waals surface area contributed by atoms with Crippen LogP contribution in [0.1, 0.15) is 24.3 Å². The maximum absolute atomic E-state index is 12.5. The maximum Gasteiger partial charge on any atom is 0.267 e. The third-order valence-electron chi connectivity index (χ3n) is 3.35. The third kappa shape index (κ3) is 4.45. The molecule has 1 amide bonds. The summed E-state index contributed by atoms with van der Waals surface area (Å²) in [5.41, 5.74) is 5.62.